The van der Waals surface area contributed by atoms with Crippen molar-refractivity contribution in [2.45, 2.75) is 87.8 Å². The third-order valence-electron chi connectivity index (χ3n) is 7.91. The van der Waals surface area contributed by atoms with Gasteiger partial charge in [-0.05, 0) is 45.1 Å². The number of hydrogen-bond donors (Lipinski definition) is 2. The van der Waals surface area contributed by atoms with E-state index in [-0.39, 0.29) is 31.5 Å². The first-order valence-electron chi connectivity index (χ1n) is 12.8. The largest absolute Gasteiger partial charge is 0.428 e. The van der Waals surface area contributed by atoms with Crippen LogP contribution in [0.4, 0.5) is 26.7 Å². The maximum atomic E-state index is 15.3. The van der Waals surface area contributed by atoms with Crippen LogP contribution < -0.4 is 11.5 Å². The first-order valence-corrected chi connectivity index (χ1v) is 13.3. The summed E-state index contributed by atoms with van der Waals surface area (Å²) < 4.78 is 72.1. The molecule has 0 aromatic carbocycles. The maximum Gasteiger partial charge on any atom is 0.428 e. The second-order valence-electron chi connectivity index (χ2n) is 10.3. The standard InChI is InChI=1S/C23H39ClF5N5O2/c1-2-32-7-9-33(10-8-32)22(35)34(16-5-6-18(25)17(24)12-16)13-15-4-3-14(11-19(15)26)20(30)36-21(31)23(27,28)29/h14-21H,2-13,30-31H2,1H3. The van der Waals surface area contributed by atoms with Crippen molar-refractivity contribution in [2.75, 3.05) is 39.3 Å². The van der Waals surface area contributed by atoms with Crippen LogP contribution in [0.3, 0.4) is 0 Å². The third kappa shape index (κ3) is 7.55. The summed E-state index contributed by atoms with van der Waals surface area (Å²) in [5, 5.41) is -0.708. The fourth-order valence-corrected chi connectivity index (χ4v) is 5.82. The number of piperazine rings is 1. The summed E-state index contributed by atoms with van der Waals surface area (Å²) in [6, 6.07) is -0.487. The first kappa shape index (κ1) is 29.6. The zero-order valence-electron chi connectivity index (χ0n) is 20.7. The molecular formula is C23H39ClF5N5O2. The Morgan fingerprint density at radius 3 is 2.28 bits per heavy atom. The Bertz CT molecular complexity index is 715. The molecule has 8 unspecified atom stereocenters. The molecule has 0 aromatic heterocycles. The fourth-order valence-electron chi connectivity index (χ4n) is 5.48. The molecule has 3 rings (SSSR count). The van der Waals surface area contributed by atoms with Gasteiger partial charge in [-0.15, -0.1) is 11.6 Å². The summed E-state index contributed by atoms with van der Waals surface area (Å²) in [5.74, 6) is -1.13. The van der Waals surface area contributed by atoms with Crippen molar-refractivity contribution < 1.29 is 31.5 Å². The van der Waals surface area contributed by atoms with Crippen LogP contribution in [0.1, 0.15) is 45.4 Å². The minimum absolute atomic E-state index is 0.0804. The number of halogens is 6. The predicted octanol–water partition coefficient (Wildman–Crippen LogP) is 3.45. The number of carbonyl (C=O) groups excluding carboxylic acids is 1. The van der Waals surface area contributed by atoms with E-state index in [0.717, 1.165) is 19.6 Å². The molecule has 0 radical (unpaired) electrons. The van der Waals surface area contributed by atoms with Crippen LogP contribution in [0.25, 0.3) is 0 Å². The average Bonchev–Trinajstić information content (AvgIpc) is 2.84. The quantitative estimate of drug-likeness (QED) is 0.290. The molecule has 3 fully saturated rings. The van der Waals surface area contributed by atoms with E-state index >= 15 is 4.39 Å². The lowest BCUT2D eigenvalue weighted by Gasteiger charge is -2.44. The van der Waals surface area contributed by atoms with Crippen LogP contribution in [0.5, 0.6) is 0 Å². The molecule has 1 heterocycles. The molecule has 210 valence electrons. The van der Waals surface area contributed by atoms with E-state index in [2.05, 4.69) is 11.8 Å². The van der Waals surface area contributed by atoms with Crippen LogP contribution in [-0.4, -0.2) is 102 Å². The number of alkyl halides is 6. The van der Waals surface area contributed by atoms with Gasteiger partial charge < -0.3 is 25.2 Å². The molecule has 4 N–H and O–H groups in total. The van der Waals surface area contributed by atoms with Gasteiger partial charge in [0, 0.05) is 50.6 Å². The van der Waals surface area contributed by atoms with Gasteiger partial charge in [0.15, 0.2) is 0 Å². The number of nitrogens with two attached hydrogens (primary N) is 2. The molecule has 36 heavy (non-hydrogen) atoms. The van der Waals surface area contributed by atoms with Crippen LogP contribution >= 0.6 is 11.6 Å². The lowest BCUT2D eigenvalue weighted by Crippen LogP contribution is -2.57. The molecule has 0 bridgehead atoms. The van der Waals surface area contributed by atoms with Gasteiger partial charge in [-0.3, -0.25) is 5.73 Å². The lowest BCUT2D eigenvalue weighted by molar-refractivity contribution is -0.237. The molecule has 7 nitrogen and oxygen atoms in total. The second kappa shape index (κ2) is 12.7. The van der Waals surface area contributed by atoms with E-state index in [9.17, 15) is 22.4 Å². The molecule has 13 heteroatoms. The zero-order chi connectivity index (χ0) is 26.6. The number of urea groups is 1. The topological polar surface area (TPSA) is 88.1 Å². The summed E-state index contributed by atoms with van der Waals surface area (Å²) in [5.41, 5.74) is 10.8. The highest BCUT2D eigenvalue weighted by Crippen LogP contribution is 2.37. The number of amides is 2. The number of ether oxygens (including phenoxy) is 1. The van der Waals surface area contributed by atoms with E-state index < -0.39 is 48.2 Å². The van der Waals surface area contributed by atoms with E-state index in [1.54, 1.807) is 9.80 Å². The summed E-state index contributed by atoms with van der Waals surface area (Å²) in [6.07, 6.45) is -9.56. The number of carbonyl (C=O) groups is 1. The molecule has 8 atom stereocenters. The van der Waals surface area contributed by atoms with Crippen molar-refractivity contribution >= 4 is 17.6 Å². The molecule has 2 saturated carbocycles. The van der Waals surface area contributed by atoms with Crippen LogP contribution in [0, 0.1) is 11.8 Å². The zero-order valence-corrected chi connectivity index (χ0v) is 21.4. The van der Waals surface area contributed by atoms with E-state index in [4.69, 9.17) is 27.8 Å². The van der Waals surface area contributed by atoms with Gasteiger partial charge >= 0.3 is 12.2 Å². The monoisotopic (exact) mass is 547 g/mol. The number of hydrogen-bond acceptors (Lipinski definition) is 5. The predicted molar refractivity (Wildman–Crippen MR) is 127 cm³/mol. The van der Waals surface area contributed by atoms with Gasteiger partial charge in [0.05, 0.1) is 5.38 Å². The SMILES string of the molecule is CCN1CCN(C(=O)N(CC2CCC(C(N)OC(N)C(F)(F)F)CC2F)C2CCC(F)C(Cl)C2)CC1. The van der Waals surface area contributed by atoms with Crippen molar-refractivity contribution in [3.63, 3.8) is 0 Å². The van der Waals surface area contributed by atoms with Gasteiger partial charge in [-0.25, -0.2) is 13.6 Å². The number of likely N-dealkylation sites (N-methyl/N-ethyl adjacent to an activating group) is 1. The summed E-state index contributed by atoms with van der Waals surface area (Å²) in [7, 11) is 0. The molecular weight excluding hydrogens is 509 g/mol. The molecule has 3 aliphatic rings. The van der Waals surface area contributed by atoms with Gasteiger partial charge in [0.2, 0.25) is 6.23 Å². The Morgan fingerprint density at radius 1 is 1.06 bits per heavy atom. The highest BCUT2D eigenvalue weighted by Gasteiger charge is 2.43. The highest BCUT2D eigenvalue weighted by atomic mass is 35.5. The molecule has 2 amide bonds. The van der Waals surface area contributed by atoms with Crippen molar-refractivity contribution in [1.29, 1.82) is 0 Å². The molecule has 0 spiro atoms. The Hall–Kier alpha value is -0.950. The van der Waals surface area contributed by atoms with Crippen molar-refractivity contribution in [1.82, 2.24) is 14.7 Å². The molecule has 1 aliphatic heterocycles. The molecule has 2 aliphatic carbocycles. The van der Waals surface area contributed by atoms with E-state index in [1.165, 1.54) is 0 Å². The smallest absolute Gasteiger partial charge is 0.336 e. The Labute approximate surface area is 214 Å². The van der Waals surface area contributed by atoms with Crippen LogP contribution in [0.15, 0.2) is 0 Å². The maximum absolute atomic E-state index is 15.3. The van der Waals surface area contributed by atoms with Crippen molar-refractivity contribution in [3.8, 4) is 0 Å². The van der Waals surface area contributed by atoms with E-state index in [0.29, 0.717) is 38.8 Å². The van der Waals surface area contributed by atoms with Crippen molar-refractivity contribution in [3.05, 3.63) is 0 Å². The summed E-state index contributed by atoms with van der Waals surface area (Å²) >= 11 is 6.21. The first-order chi connectivity index (χ1) is 16.9. The highest BCUT2D eigenvalue weighted by molar-refractivity contribution is 6.21. The fraction of sp³-hybridized carbons (Fsp3) is 0.957. The van der Waals surface area contributed by atoms with Crippen LogP contribution in [0.2, 0.25) is 0 Å². The van der Waals surface area contributed by atoms with Gasteiger partial charge in [0.25, 0.3) is 0 Å². The van der Waals surface area contributed by atoms with Crippen LogP contribution in [-0.2, 0) is 4.74 Å². The Kier molecular flexibility index (Phi) is 10.5. The minimum Gasteiger partial charge on any atom is -0.336 e. The second-order valence-corrected chi connectivity index (χ2v) is 10.8. The Balaban J connectivity index is 1.64. The number of nitrogens with zero attached hydrogens (tertiary/aromatic N) is 3. The summed E-state index contributed by atoms with van der Waals surface area (Å²) in [6.45, 7) is 5.72. The summed E-state index contributed by atoms with van der Waals surface area (Å²) in [4.78, 5) is 19.2. The average molecular weight is 548 g/mol. The Morgan fingerprint density at radius 2 is 1.72 bits per heavy atom. The van der Waals surface area contributed by atoms with Gasteiger partial charge in [0.1, 0.15) is 18.6 Å². The lowest BCUT2D eigenvalue weighted by atomic mass is 9.79. The minimum atomic E-state index is -4.76. The van der Waals surface area contributed by atoms with Crippen molar-refractivity contribution in [2.24, 2.45) is 23.3 Å². The van der Waals surface area contributed by atoms with Gasteiger partial charge in [-0.2, -0.15) is 13.2 Å². The van der Waals surface area contributed by atoms with E-state index in [1.807, 2.05) is 0 Å². The van der Waals surface area contributed by atoms with Gasteiger partial charge in [-0.1, -0.05) is 6.92 Å². The third-order valence-corrected chi connectivity index (χ3v) is 8.36. The normalized spacial score (nSPS) is 34.3. The number of rotatable bonds is 7. The molecule has 1 saturated heterocycles. The molecule has 0 aromatic rings.